The first-order valence-corrected chi connectivity index (χ1v) is 9.83. The molecule has 0 bridgehead atoms. The topological polar surface area (TPSA) is 49.9 Å². The lowest BCUT2D eigenvalue weighted by atomic mass is 9.89. The number of rotatable bonds is 2. The van der Waals surface area contributed by atoms with Gasteiger partial charge in [-0.15, -0.1) is 0 Å². The van der Waals surface area contributed by atoms with Crippen LogP contribution in [0.4, 0.5) is 5.69 Å². The third-order valence-electron chi connectivity index (χ3n) is 5.61. The smallest absolute Gasteiger partial charge is 0.253 e. The van der Waals surface area contributed by atoms with Gasteiger partial charge in [0.15, 0.2) is 0 Å². The summed E-state index contributed by atoms with van der Waals surface area (Å²) in [4.78, 5) is 29.3. The van der Waals surface area contributed by atoms with Gasteiger partial charge in [0.2, 0.25) is 0 Å². The number of hydrogen-bond donors (Lipinski definition) is 0. The molecule has 2 aliphatic rings. The minimum Gasteiger partial charge on any atom is -0.361 e. The number of benzene rings is 2. The third kappa shape index (κ3) is 3.67. The molecule has 2 amide bonds. The number of carbonyl (C=O) groups is 2. The molecule has 5 nitrogen and oxygen atoms in total. The van der Waals surface area contributed by atoms with Crippen molar-refractivity contribution in [3.8, 4) is 0 Å². The number of piperidine rings is 1. The molecule has 0 aromatic heterocycles. The van der Waals surface area contributed by atoms with Gasteiger partial charge in [-0.3, -0.25) is 9.59 Å². The molecule has 2 aromatic rings. The van der Waals surface area contributed by atoms with Crippen molar-refractivity contribution in [2.75, 3.05) is 31.1 Å². The number of carbonyl (C=O) groups excluding carboxylic acids is 2. The summed E-state index contributed by atoms with van der Waals surface area (Å²) in [5.74, 6) is 0.00669. The van der Waals surface area contributed by atoms with Crippen LogP contribution in [-0.2, 0) is 9.53 Å². The van der Waals surface area contributed by atoms with Crippen LogP contribution in [-0.4, -0.2) is 48.6 Å². The molecule has 1 spiro atoms. The van der Waals surface area contributed by atoms with E-state index >= 15 is 0 Å². The van der Waals surface area contributed by atoms with Crippen molar-refractivity contribution in [1.82, 2.24) is 4.90 Å². The van der Waals surface area contributed by atoms with E-state index < -0.39 is 5.60 Å². The Morgan fingerprint density at radius 2 is 1.75 bits per heavy atom. The molecule has 5 heteroatoms. The molecule has 1 unspecified atom stereocenters. The summed E-state index contributed by atoms with van der Waals surface area (Å²) in [6.45, 7) is 5.78. The first kappa shape index (κ1) is 18.7. The SMILES string of the molecule is Cc1cc(C)cc(C(=O)N2CCCC3(C2)CN(c2ccccc2)C(=O)CO3)c1. The van der Waals surface area contributed by atoms with Crippen LogP contribution in [0.25, 0.3) is 0 Å². The molecule has 2 saturated heterocycles. The predicted octanol–water partition coefficient (Wildman–Crippen LogP) is 3.34. The second-order valence-corrected chi connectivity index (χ2v) is 7.99. The van der Waals surface area contributed by atoms with Gasteiger partial charge in [-0.05, 0) is 51.0 Å². The van der Waals surface area contributed by atoms with E-state index in [0.29, 0.717) is 13.1 Å². The highest BCUT2D eigenvalue weighted by molar-refractivity contribution is 5.96. The Hall–Kier alpha value is -2.66. The number of aryl methyl sites for hydroxylation is 2. The average Bonchev–Trinajstić information content (AvgIpc) is 2.69. The van der Waals surface area contributed by atoms with Crippen molar-refractivity contribution >= 4 is 17.5 Å². The number of likely N-dealkylation sites (tertiary alicyclic amines) is 1. The normalized spacial score (nSPS) is 22.6. The fourth-order valence-corrected chi connectivity index (χ4v) is 4.36. The molecule has 28 heavy (non-hydrogen) atoms. The van der Waals surface area contributed by atoms with E-state index in [1.807, 2.05) is 61.2 Å². The van der Waals surface area contributed by atoms with Gasteiger partial charge in [0.05, 0.1) is 13.1 Å². The highest BCUT2D eigenvalue weighted by atomic mass is 16.5. The monoisotopic (exact) mass is 378 g/mol. The average molecular weight is 378 g/mol. The van der Waals surface area contributed by atoms with E-state index in [0.717, 1.165) is 41.8 Å². The van der Waals surface area contributed by atoms with Gasteiger partial charge in [0.25, 0.3) is 11.8 Å². The summed E-state index contributed by atoms with van der Waals surface area (Å²) in [6, 6.07) is 15.6. The van der Waals surface area contributed by atoms with E-state index in [4.69, 9.17) is 4.74 Å². The molecule has 2 aromatic carbocycles. The van der Waals surface area contributed by atoms with Gasteiger partial charge < -0.3 is 14.5 Å². The van der Waals surface area contributed by atoms with Crippen LogP contribution in [0.1, 0.15) is 34.3 Å². The molecule has 2 aliphatic heterocycles. The number of para-hydroxylation sites is 1. The van der Waals surface area contributed by atoms with Gasteiger partial charge in [-0.25, -0.2) is 0 Å². The number of nitrogens with zero attached hydrogens (tertiary/aromatic N) is 2. The molecule has 4 rings (SSSR count). The molecule has 1 atom stereocenters. The quantitative estimate of drug-likeness (QED) is 0.805. The molecule has 0 saturated carbocycles. The number of ether oxygens (including phenoxy) is 1. The lowest BCUT2D eigenvalue weighted by molar-refractivity contribution is -0.144. The number of hydrogen-bond acceptors (Lipinski definition) is 3. The van der Waals surface area contributed by atoms with E-state index in [9.17, 15) is 9.59 Å². The first-order chi connectivity index (χ1) is 13.5. The zero-order valence-electron chi connectivity index (χ0n) is 16.5. The molecule has 2 fully saturated rings. The standard InChI is InChI=1S/C23H26N2O3/c1-17-11-18(2)13-19(12-17)22(27)24-10-6-9-23(15-24)16-25(21(26)14-28-23)20-7-4-3-5-8-20/h3-5,7-8,11-13H,6,9-10,14-16H2,1-2H3. The molecular formula is C23H26N2O3. The number of anilines is 1. The highest BCUT2D eigenvalue weighted by Crippen LogP contribution is 2.32. The van der Waals surface area contributed by atoms with E-state index in [2.05, 4.69) is 6.07 Å². The maximum Gasteiger partial charge on any atom is 0.253 e. The maximum absolute atomic E-state index is 13.1. The Balaban J connectivity index is 1.55. The van der Waals surface area contributed by atoms with Crippen molar-refractivity contribution in [2.24, 2.45) is 0 Å². The zero-order valence-corrected chi connectivity index (χ0v) is 16.5. The van der Waals surface area contributed by atoms with Crippen LogP contribution < -0.4 is 4.90 Å². The van der Waals surface area contributed by atoms with Crippen LogP contribution in [0.5, 0.6) is 0 Å². The zero-order chi connectivity index (χ0) is 19.7. The third-order valence-corrected chi connectivity index (χ3v) is 5.61. The second-order valence-electron chi connectivity index (χ2n) is 7.99. The number of amides is 2. The summed E-state index contributed by atoms with van der Waals surface area (Å²) in [5, 5.41) is 0. The van der Waals surface area contributed by atoms with E-state index in [1.165, 1.54) is 0 Å². The van der Waals surface area contributed by atoms with Crippen molar-refractivity contribution in [3.63, 3.8) is 0 Å². The van der Waals surface area contributed by atoms with Crippen molar-refractivity contribution < 1.29 is 14.3 Å². The first-order valence-electron chi connectivity index (χ1n) is 9.83. The van der Waals surface area contributed by atoms with Gasteiger partial charge in [-0.2, -0.15) is 0 Å². The molecular weight excluding hydrogens is 352 g/mol. The Morgan fingerprint density at radius 3 is 2.46 bits per heavy atom. The fraction of sp³-hybridized carbons (Fsp3) is 0.391. The minimum atomic E-state index is -0.503. The summed E-state index contributed by atoms with van der Waals surface area (Å²) < 4.78 is 6.05. The summed E-state index contributed by atoms with van der Waals surface area (Å²) in [5.41, 5.74) is 3.28. The maximum atomic E-state index is 13.1. The summed E-state index contributed by atoms with van der Waals surface area (Å²) >= 11 is 0. The van der Waals surface area contributed by atoms with Gasteiger partial charge >= 0.3 is 0 Å². The predicted molar refractivity (Wildman–Crippen MR) is 109 cm³/mol. The van der Waals surface area contributed by atoms with Crippen LogP contribution >= 0.6 is 0 Å². The van der Waals surface area contributed by atoms with Crippen LogP contribution in [0, 0.1) is 13.8 Å². The Labute approximate surface area is 165 Å². The van der Waals surface area contributed by atoms with Crippen LogP contribution in [0.3, 0.4) is 0 Å². The number of morpholine rings is 1. The molecule has 0 N–H and O–H groups in total. The lowest BCUT2D eigenvalue weighted by Crippen LogP contribution is -2.62. The summed E-state index contributed by atoms with van der Waals surface area (Å²) in [6.07, 6.45) is 1.72. The van der Waals surface area contributed by atoms with E-state index in [-0.39, 0.29) is 18.4 Å². The Kier molecular flexibility index (Phi) is 4.94. The van der Waals surface area contributed by atoms with Gasteiger partial charge in [0.1, 0.15) is 12.2 Å². The van der Waals surface area contributed by atoms with Crippen molar-refractivity contribution in [1.29, 1.82) is 0 Å². The van der Waals surface area contributed by atoms with Gasteiger partial charge in [0, 0.05) is 17.8 Å². The lowest BCUT2D eigenvalue weighted by Gasteiger charge is -2.47. The Bertz CT molecular complexity index is 876. The highest BCUT2D eigenvalue weighted by Gasteiger charge is 2.44. The largest absolute Gasteiger partial charge is 0.361 e. The minimum absolute atomic E-state index is 0.0328. The second kappa shape index (κ2) is 7.40. The summed E-state index contributed by atoms with van der Waals surface area (Å²) in [7, 11) is 0. The van der Waals surface area contributed by atoms with E-state index in [1.54, 1.807) is 4.90 Å². The fourth-order valence-electron chi connectivity index (χ4n) is 4.36. The molecule has 0 aliphatic carbocycles. The Morgan fingerprint density at radius 1 is 1.04 bits per heavy atom. The van der Waals surface area contributed by atoms with Crippen molar-refractivity contribution in [3.05, 3.63) is 65.2 Å². The van der Waals surface area contributed by atoms with Crippen molar-refractivity contribution in [2.45, 2.75) is 32.3 Å². The molecule has 0 radical (unpaired) electrons. The molecule has 2 heterocycles. The molecule has 146 valence electrons. The van der Waals surface area contributed by atoms with Crippen LogP contribution in [0.2, 0.25) is 0 Å². The van der Waals surface area contributed by atoms with Gasteiger partial charge in [-0.1, -0.05) is 35.4 Å². The van der Waals surface area contributed by atoms with Crippen LogP contribution in [0.15, 0.2) is 48.5 Å².